The molecule has 0 aliphatic carbocycles. The second-order valence-corrected chi connectivity index (χ2v) is 7.84. The van der Waals surface area contributed by atoms with Crippen LogP contribution in [-0.4, -0.2) is 75.0 Å². The minimum absolute atomic E-state index is 0.242. The van der Waals surface area contributed by atoms with Crippen molar-refractivity contribution in [3.63, 3.8) is 0 Å². The topological polar surface area (TPSA) is 76.2 Å². The SMILES string of the molecule is COCC1CN(C(=O)OC(C)(C)C)CCN1S(C)(=O)=O. The summed E-state index contributed by atoms with van der Waals surface area (Å²) in [6.07, 6.45) is 0.741. The maximum absolute atomic E-state index is 12.0. The number of ether oxygens (including phenoxy) is 2. The van der Waals surface area contributed by atoms with Crippen LogP contribution in [0.2, 0.25) is 0 Å². The monoisotopic (exact) mass is 308 g/mol. The minimum atomic E-state index is -3.31. The molecule has 20 heavy (non-hydrogen) atoms. The molecule has 118 valence electrons. The summed E-state index contributed by atoms with van der Waals surface area (Å²) in [6, 6.07) is -0.378. The number of hydrogen-bond donors (Lipinski definition) is 0. The van der Waals surface area contributed by atoms with Crippen LogP contribution < -0.4 is 0 Å². The van der Waals surface area contributed by atoms with Crippen molar-refractivity contribution < 1.29 is 22.7 Å². The second kappa shape index (κ2) is 6.28. The predicted molar refractivity (Wildman–Crippen MR) is 75.0 cm³/mol. The van der Waals surface area contributed by atoms with Crippen molar-refractivity contribution in [2.45, 2.75) is 32.4 Å². The lowest BCUT2D eigenvalue weighted by Crippen LogP contribution is -2.58. The van der Waals surface area contributed by atoms with Gasteiger partial charge in [-0.25, -0.2) is 13.2 Å². The molecule has 1 atom stereocenters. The molecule has 0 radical (unpaired) electrons. The number of carbonyl (C=O) groups is 1. The molecule has 0 spiro atoms. The van der Waals surface area contributed by atoms with Gasteiger partial charge in [0.1, 0.15) is 5.60 Å². The number of carbonyl (C=O) groups excluding carboxylic acids is 1. The van der Waals surface area contributed by atoms with Gasteiger partial charge in [-0.05, 0) is 20.8 Å². The van der Waals surface area contributed by atoms with Crippen molar-refractivity contribution in [2.75, 3.05) is 39.6 Å². The molecule has 1 aliphatic rings. The number of amides is 1. The predicted octanol–water partition coefficient (Wildman–Crippen LogP) is 0.514. The van der Waals surface area contributed by atoms with Gasteiger partial charge in [-0.1, -0.05) is 0 Å². The molecule has 1 fully saturated rings. The Morgan fingerprint density at radius 1 is 1.30 bits per heavy atom. The molecule has 7 nitrogen and oxygen atoms in total. The molecule has 1 aliphatic heterocycles. The first-order valence-corrected chi connectivity index (χ1v) is 8.33. The van der Waals surface area contributed by atoms with Crippen LogP contribution in [-0.2, 0) is 19.5 Å². The molecule has 0 bridgehead atoms. The summed E-state index contributed by atoms with van der Waals surface area (Å²) < 4.78 is 35.2. The van der Waals surface area contributed by atoms with Crippen molar-refractivity contribution >= 4 is 16.1 Å². The zero-order valence-corrected chi connectivity index (χ0v) is 13.6. The Bertz CT molecular complexity index is 443. The van der Waals surface area contributed by atoms with E-state index in [1.54, 1.807) is 20.8 Å². The highest BCUT2D eigenvalue weighted by atomic mass is 32.2. The maximum Gasteiger partial charge on any atom is 0.410 e. The smallest absolute Gasteiger partial charge is 0.410 e. The van der Waals surface area contributed by atoms with Gasteiger partial charge in [-0.3, -0.25) is 0 Å². The van der Waals surface area contributed by atoms with E-state index in [0.29, 0.717) is 6.54 Å². The van der Waals surface area contributed by atoms with E-state index in [2.05, 4.69) is 0 Å². The molecule has 0 N–H and O–H groups in total. The fourth-order valence-electron chi connectivity index (χ4n) is 2.10. The lowest BCUT2D eigenvalue weighted by atomic mass is 10.2. The maximum atomic E-state index is 12.0. The standard InChI is InChI=1S/C12H24N2O5S/c1-12(2,3)19-11(15)13-6-7-14(20(5,16)17)10(8-13)9-18-4/h10H,6-9H2,1-5H3. The summed E-state index contributed by atoms with van der Waals surface area (Å²) in [6.45, 7) is 6.48. The number of hydrogen-bond acceptors (Lipinski definition) is 5. The molecule has 1 heterocycles. The summed E-state index contributed by atoms with van der Waals surface area (Å²) in [7, 11) is -1.80. The number of methoxy groups -OCH3 is 1. The normalized spacial score (nSPS) is 21.9. The molecule has 1 rings (SSSR count). The Kier molecular flexibility index (Phi) is 5.39. The van der Waals surface area contributed by atoms with Gasteiger partial charge in [0.05, 0.1) is 18.9 Å². The summed E-state index contributed by atoms with van der Waals surface area (Å²) in [5.74, 6) is 0. The molecule has 0 aromatic heterocycles. The van der Waals surface area contributed by atoms with Gasteiger partial charge in [0.25, 0.3) is 0 Å². The average Bonchev–Trinajstić information content (AvgIpc) is 2.25. The molecule has 1 unspecified atom stereocenters. The first kappa shape index (κ1) is 17.2. The van der Waals surface area contributed by atoms with E-state index < -0.39 is 21.7 Å². The van der Waals surface area contributed by atoms with E-state index in [0.717, 1.165) is 0 Å². The molecule has 0 saturated carbocycles. The highest BCUT2D eigenvalue weighted by Gasteiger charge is 2.35. The lowest BCUT2D eigenvalue weighted by molar-refractivity contribution is 0.00617. The average molecular weight is 308 g/mol. The summed E-state index contributed by atoms with van der Waals surface area (Å²) in [5.41, 5.74) is -0.568. The van der Waals surface area contributed by atoms with E-state index in [1.807, 2.05) is 0 Å². The third-order valence-electron chi connectivity index (χ3n) is 2.87. The molecule has 1 amide bonds. The molecular weight excluding hydrogens is 284 g/mol. The number of rotatable bonds is 3. The molecule has 8 heteroatoms. The summed E-state index contributed by atoms with van der Waals surface area (Å²) in [5, 5.41) is 0. The van der Waals surface area contributed by atoms with Gasteiger partial charge in [0.2, 0.25) is 10.0 Å². The lowest BCUT2D eigenvalue weighted by Gasteiger charge is -2.39. The van der Waals surface area contributed by atoms with Crippen LogP contribution in [0.15, 0.2) is 0 Å². The first-order chi connectivity index (χ1) is 9.04. The van der Waals surface area contributed by atoms with Gasteiger partial charge in [0, 0.05) is 26.7 Å². The zero-order valence-electron chi connectivity index (χ0n) is 12.7. The summed E-state index contributed by atoms with van der Waals surface area (Å²) >= 11 is 0. The first-order valence-electron chi connectivity index (χ1n) is 6.48. The Morgan fingerprint density at radius 3 is 2.35 bits per heavy atom. The van der Waals surface area contributed by atoms with Crippen molar-refractivity contribution in [3.05, 3.63) is 0 Å². The second-order valence-electron chi connectivity index (χ2n) is 5.91. The van der Waals surface area contributed by atoms with Crippen molar-refractivity contribution in [2.24, 2.45) is 0 Å². The van der Waals surface area contributed by atoms with Crippen LogP contribution in [0.25, 0.3) is 0 Å². The van der Waals surface area contributed by atoms with E-state index in [1.165, 1.54) is 22.6 Å². The van der Waals surface area contributed by atoms with Gasteiger partial charge in [-0.15, -0.1) is 0 Å². The fraction of sp³-hybridized carbons (Fsp3) is 0.917. The highest BCUT2D eigenvalue weighted by molar-refractivity contribution is 7.88. The molecule has 1 saturated heterocycles. The van der Waals surface area contributed by atoms with Crippen LogP contribution in [0.3, 0.4) is 0 Å². The number of sulfonamides is 1. The third-order valence-corrected chi connectivity index (χ3v) is 4.20. The van der Waals surface area contributed by atoms with Crippen LogP contribution in [0.4, 0.5) is 4.79 Å². The van der Waals surface area contributed by atoms with Crippen LogP contribution in [0, 0.1) is 0 Å². The number of piperazine rings is 1. The van der Waals surface area contributed by atoms with Crippen molar-refractivity contribution in [1.29, 1.82) is 0 Å². The van der Waals surface area contributed by atoms with Crippen LogP contribution in [0.1, 0.15) is 20.8 Å². The molecule has 0 aromatic rings. The quantitative estimate of drug-likeness (QED) is 0.759. The van der Waals surface area contributed by atoms with E-state index in [-0.39, 0.29) is 25.7 Å². The Hall–Kier alpha value is -0.860. The minimum Gasteiger partial charge on any atom is -0.444 e. The van der Waals surface area contributed by atoms with Gasteiger partial charge >= 0.3 is 6.09 Å². The van der Waals surface area contributed by atoms with Gasteiger partial charge < -0.3 is 14.4 Å². The number of nitrogens with zero attached hydrogens (tertiary/aromatic N) is 2. The Balaban J connectivity index is 2.76. The van der Waals surface area contributed by atoms with Crippen molar-refractivity contribution in [1.82, 2.24) is 9.21 Å². The van der Waals surface area contributed by atoms with Crippen LogP contribution in [0.5, 0.6) is 0 Å². The van der Waals surface area contributed by atoms with Gasteiger partial charge in [-0.2, -0.15) is 4.31 Å². The summed E-state index contributed by atoms with van der Waals surface area (Å²) in [4.78, 5) is 13.5. The van der Waals surface area contributed by atoms with Gasteiger partial charge in [0.15, 0.2) is 0 Å². The Labute approximate surface area is 120 Å². The fourth-order valence-corrected chi connectivity index (χ4v) is 3.18. The van der Waals surface area contributed by atoms with E-state index >= 15 is 0 Å². The molecular formula is C12H24N2O5S. The highest BCUT2D eigenvalue weighted by Crippen LogP contribution is 2.17. The van der Waals surface area contributed by atoms with E-state index in [4.69, 9.17) is 9.47 Å². The van der Waals surface area contributed by atoms with Crippen molar-refractivity contribution in [3.8, 4) is 0 Å². The zero-order chi connectivity index (χ0) is 15.6. The third kappa shape index (κ3) is 4.92. The van der Waals surface area contributed by atoms with Crippen LogP contribution >= 0.6 is 0 Å². The molecule has 0 aromatic carbocycles. The largest absolute Gasteiger partial charge is 0.444 e. The Morgan fingerprint density at radius 2 is 1.90 bits per heavy atom. The van der Waals surface area contributed by atoms with E-state index in [9.17, 15) is 13.2 Å².